The molecule has 20 heavy (non-hydrogen) atoms. The first kappa shape index (κ1) is 17.4. The van der Waals surface area contributed by atoms with Crippen LogP contribution < -0.4 is 0 Å². The number of carbonyl (C=O) groups is 1. The normalized spacial score (nSPS) is 20.9. The summed E-state index contributed by atoms with van der Waals surface area (Å²) in [4.78, 5) is 11.8. The van der Waals surface area contributed by atoms with Crippen LogP contribution in [-0.2, 0) is 19.0 Å². The van der Waals surface area contributed by atoms with Crippen LogP contribution in [0.4, 0.5) is 0 Å². The summed E-state index contributed by atoms with van der Waals surface area (Å²) in [6, 6.07) is 0. The molecule has 0 saturated carbocycles. The van der Waals surface area contributed by atoms with Crippen LogP contribution in [0.25, 0.3) is 0 Å². The van der Waals surface area contributed by atoms with Crippen molar-refractivity contribution in [1.29, 1.82) is 0 Å². The fraction of sp³-hybridized carbons (Fsp3) is 0.938. The van der Waals surface area contributed by atoms with Crippen molar-refractivity contribution >= 4 is 5.97 Å². The molecule has 0 aromatic carbocycles. The Morgan fingerprint density at radius 3 is 2.70 bits per heavy atom. The molecule has 1 aliphatic heterocycles. The Balaban J connectivity index is 2.07. The summed E-state index contributed by atoms with van der Waals surface area (Å²) in [6.45, 7) is 7.37. The largest absolute Gasteiger partial charge is 0.463 e. The molecule has 1 heterocycles. The van der Waals surface area contributed by atoms with Crippen molar-refractivity contribution in [3.63, 3.8) is 0 Å². The average Bonchev–Trinajstić information content (AvgIpc) is 2.43. The third kappa shape index (κ3) is 7.25. The summed E-state index contributed by atoms with van der Waals surface area (Å²) < 4.78 is 16.5. The molecule has 0 N–H and O–H groups in total. The lowest BCUT2D eigenvalue weighted by molar-refractivity contribution is -0.163. The van der Waals surface area contributed by atoms with Gasteiger partial charge in [0.25, 0.3) is 0 Å². The molecule has 1 aliphatic rings. The average molecular weight is 286 g/mol. The van der Waals surface area contributed by atoms with Crippen molar-refractivity contribution in [1.82, 2.24) is 0 Å². The van der Waals surface area contributed by atoms with Gasteiger partial charge in [-0.1, -0.05) is 13.3 Å². The SMILES string of the molecule is CCC(CCCCOC1CCCCO1)C(=O)OC(C)C. The Morgan fingerprint density at radius 1 is 1.30 bits per heavy atom. The maximum Gasteiger partial charge on any atom is 0.309 e. The molecule has 4 nitrogen and oxygen atoms in total. The predicted octanol–water partition coefficient (Wildman–Crippen LogP) is 3.68. The molecule has 0 spiro atoms. The van der Waals surface area contributed by atoms with Crippen molar-refractivity contribution < 1.29 is 19.0 Å². The van der Waals surface area contributed by atoms with Crippen LogP contribution in [-0.4, -0.2) is 31.6 Å². The van der Waals surface area contributed by atoms with E-state index in [0.29, 0.717) is 0 Å². The van der Waals surface area contributed by atoms with Gasteiger partial charge < -0.3 is 14.2 Å². The van der Waals surface area contributed by atoms with E-state index in [1.807, 2.05) is 20.8 Å². The highest BCUT2D eigenvalue weighted by atomic mass is 16.7. The van der Waals surface area contributed by atoms with Crippen molar-refractivity contribution in [3.8, 4) is 0 Å². The van der Waals surface area contributed by atoms with Crippen LogP contribution in [0.15, 0.2) is 0 Å². The fourth-order valence-electron chi connectivity index (χ4n) is 2.37. The third-order valence-electron chi connectivity index (χ3n) is 3.57. The van der Waals surface area contributed by atoms with Gasteiger partial charge in [-0.05, 0) is 52.4 Å². The summed E-state index contributed by atoms with van der Waals surface area (Å²) in [7, 11) is 0. The van der Waals surface area contributed by atoms with E-state index in [1.165, 1.54) is 6.42 Å². The predicted molar refractivity (Wildman–Crippen MR) is 78.4 cm³/mol. The quantitative estimate of drug-likeness (QED) is 0.479. The van der Waals surface area contributed by atoms with Crippen LogP contribution in [0.3, 0.4) is 0 Å². The monoisotopic (exact) mass is 286 g/mol. The number of ether oxygens (including phenoxy) is 3. The van der Waals surface area contributed by atoms with Gasteiger partial charge >= 0.3 is 5.97 Å². The number of hydrogen-bond acceptors (Lipinski definition) is 4. The lowest BCUT2D eigenvalue weighted by Gasteiger charge is -2.22. The summed E-state index contributed by atoms with van der Waals surface area (Å²) in [5.74, 6) is -0.0256. The first-order valence-corrected chi connectivity index (χ1v) is 8.07. The number of carbonyl (C=O) groups excluding carboxylic acids is 1. The van der Waals surface area contributed by atoms with E-state index < -0.39 is 0 Å². The van der Waals surface area contributed by atoms with Gasteiger partial charge in [0.05, 0.1) is 12.0 Å². The van der Waals surface area contributed by atoms with Crippen LogP contribution in [0.1, 0.15) is 65.7 Å². The molecular weight excluding hydrogens is 256 g/mol. The van der Waals surface area contributed by atoms with E-state index >= 15 is 0 Å². The van der Waals surface area contributed by atoms with Crippen LogP contribution in [0.2, 0.25) is 0 Å². The summed E-state index contributed by atoms with van der Waals surface area (Å²) in [5, 5.41) is 0. The lowest BCUT2D eigenvalue weighted by atomic mass is 9.99. The standard InChI is InChI=1S/C16H30O4/c1-4-14(16(17)20-13(2)3)9-5-7-11-18-15-10-6-8-12-19-15/h13-15H,4-12H2,1-3H3. The van der Waals surface area contributed by atoms with Crippen molar-refractivity contribution in [3.05, 3.63) is 0 Å². The second-order valence-corrected chi connectivity index (χ2v) is 5.75. The Hall–Kier alpha value is -0.610. The molecule has 0 bridgehead atoms. The van der Waals surface area contributed by atoms with Crippen LogP contribution in [0.5, 0.6) is 0 Å². The van der Waals surface area contributed by atoms with E-state index in [9.17, 15) is 4.79 Å². The van der Waals surface area contributed by atoms with Gasteiger partial charge in [0.2, 0.25) is 0 Å². The fourth-order valence-corrected chi connectivity index (χ4v) is 2.37. The molecule has 0 amide bonds. The van der Waals surface area contributed by atoms with E-state index in [4.69, 9.17) is 14.2 Å². The molecule has 118 valence electrons. The Bertz CT molecular complexity index is 259. The van der Waals surface area contributed by atoms with Gasteiger partial charge in [0.15, 0.2) is 6.29 Å². The minimum atomic E-state index is -0.0565. The van der Waals surface area contributed by atoms with Gasteiger partial charge in [0.1, 0.15) is 0 Å². The van der Waals surface area contributed by atoms with Crippen LogP contribution >= 0.6 is 0 Å². The number of esters is 1. The van der Waals surface area contributed by atoms with Gasteiger partial charge in [-0.2, -0.15) is 0 Å². The maximum absolute atomic E-state index is 11.8. The lowest BCUT2D eigenvalue weighted by Crippen LogP contribution is -2.23. The zero-order valence-electron chi connectivity index (χ0n) is 13.2. The zero-order chi connectivity index (χ0) is 14.8. The Morgan fingerprint density at radius 2 is 2.10 bits per heavy atom. The second-order valence-electron chi connectivity index (χ2n) is 5.75. The highest BCUT2D eigenvalue weighted by molar-refractivity contribution is 5.72. The van der Waals surface area contributed by atoms with Gasteiger partial charge in [-0.25, -0.2) is 0 Å². The molecular formula is C16H30O4. The molecule has 1 saturated heterocycles. The van der Waals surface area contributed by atoms with E-state index in [0.717, 1.165) is 51.7 Å². The second kappa shape index (κ2) is 10.2. The molecule has 2 atom stereocenters. The summed E-state index contributed by atoms with van der Waals surface area (Å²) >= 11 is 0. The molecule has 0 aliphatic carbocycles. The minimum Gasteiger partial charge on any atom is -0.463 e. The molecule has 4 heteroatoms. The van der Waals surface area contributed by atoms with Gasteiger partial charge in [-0.3, -0.25) is 4.79 Å². The van der Waals surface area contributed by atoms with E-state index in [2.05, 4.69) is 0 Å². The van der Waals surface area contributed by atoms with Gasteiger partial charge in [-0.15, -0.1) is 0 Å². The topological polar surface area (TPSA) is 44.8 Å². The van der Waals surface area contributed by atoms with Crippen molar-refractivity contribution in [2.24, 2.45) is 5.92 Å². The zero-order valence-corrected chi connectivity index (χ0v) is 13.2. The third-order valence-corrected chi connectivity index (χ3v) is 3.57. The number of unbranched alkanes of at least 4 members (excludes halogenated alkanes) is 1. The van der Waals surface area contributed by atoms with Gasteiger partial charge in [0, 0.05) is 13.2 Å². The highest BCUT2D eigenvalue weighted by Gasteiger charge is 2.19. The first-order valence-electron chi connectivity index (χ1n) is 8.07. The number of hydrogen-bond donors (Lipinski definition) is 0. The van der Waals surface area contributed by atoms with Crippen LogP contribution in [0, 0.1) is 5.92 Å². The van der Waals surface area contributed by atoms with E-state index in [1.54, 1.807) is 0 Å². The molecule has 1 rings (SSSR count). The van der Waals surface area contributed by atoms with E-state index in [-0.39, 0.29) is 24.3 Å². The summed E-state index contributed by atoms with van der Waals surface area (Å²) in [6.07, 6.45) is 7.04. The molecule has 1 fully saturated rings. The van der Waals surface area contributed by atoms with Crippen molar-refractivity contribution in [2.75, 3.05) is 13.2 Å². The molecule has 2 unspecified atom stereocenters. The molecule has 0 radical (unpaired) electrons. The maximum atomic E-state index is 11.8. The summed E-state index contributed by atoms with van der Waals surface area (Å²) in [5.41, 5.74) is 0. The minimum absolute atomic E-state index is 0.00312. The molecule has 0 aromatic rings. The smallest absolute Gasteiger partial charge is 0.309 e. The Labute approximate surface area is 123 Å². The first-order chi connectivity index (χ1) is 9.63. The number of rotatable bonds is 9. The van der Waals surface area contributed by atoms with Crippen molar-refractivity contribution in [2.45, 2.75) is 78.1 Å². The Kier molecular flexibility index (Phi) is 8.86. The molecule has 0 aromatic heterocycles. The highest BCUT2D eigenvalue weighted by Crippen LogP contribution is 2.17.